The highest BCUT2D eigenvalue weighted by molar-refractivity contribution is 6.30. The van der Waals surface area contributed by atoms with Crippen LogP contribution in [0.1, 0.15) is 43.9 Å². The Morgan fingerprint density at radius 3 is 2.31 bits per heavy atom. The van der Waals surface area contributed by atoms with Crippen molar-refractivity contribution < 1.29 is 9.59 Å². The first-order valence-corrected chi connectivity index (χ1v) is 10.6. The van der Waals surface area contributed by atoms with Crippen molar-refractivity contribution in [3.63, 3.8) is 0 Å². The zero-order valence-corrected chi connectivity index (χ0v) is 18.5. The third kappa shape index (κ3) is 6.90. The predicted octanol–water partition coefficient (Wildman–Crippen LogP) is 4.77. The molecule has 0 aromatic heterocycles. The van der Waals surface area contributed by atoms with Crippen molar-refractivity contribution in [2.24, 2.45) is 5.92 Å². The number of hydrogen-bond acceptors (Lipinski definition) is 2. The molecule has 5 heteroatoms. The SMILES string of the molecule is CC[C@H](C(=O)NCC(C)C)N(Cc1ccc(Cl)cc1)C(=O)Cc1ccccc1C. The van der Waals surface area contributed by atoms with Crippen molar-refractivity contribution in [2.45, 2.75) is 53.1 Å². The van der Waals surface area contributed by atoms with Gasteiger partial charge in [-0.2, -0.15) is 0 Å². The van der Waals surface area contributed by atoms with Crippen LogP contribution >= 0.6 is 11.6 Å². The first-order valence-electron chi connectivity index (χ1n) is 10.2. The number of benzene rings is 2. The normalized spacial score (nSPS) is 11.9. The molecule has 29 heavy (non-hydrogen) atoms. The highest BCUT2D eigenvalue weighted by Gasteiger charge is 2.28. The molecule has 0 aliphatic heterocycles. The van der Waals surface area contributed by atoms with E-state index in [1.54, 1.807) is 17.0 Å². The van der Waals surface area contributed by atoms with E-state index in [0.29, 0.717) is 30.5 Å². The molecular weight excluding hydrogens is 384 g/mol. The van der Waals surface area contributed by atoms with Gasteiger partial charge >= 0.3 is 0 Å². The number of carbonyl (C=O) groups is 2. The van der Waals surface area contributed by atoms with Crippen LogP contribution in [0.5, 0.6) is 0 Å². The number of hydrogen-bond donors (Lipinski definition) is 1. The van der Waals surface area contributed by atoms with Gasteiger partial charge in [0.1, 0.15) is 6.04 Å². The van der Waals surface area contributed by atoms with E-state index < -0.39 is 6.04 Å². The minimum Gasteiger partial charge on any atom is -0.354 e. The zero-order valence-electron chi connectivity index (χ0n) is 17.7. The molecule has 0 fully saturated rings. The maximum Gasteiger partial charge on any atom is 0.242 e. The summed E-state index contributed by atoms with van der Waals surface area (Å²) in [6.07, 6.45) is 0.825. The lowest BCUT2D eigenvalue weighted by Crippen LogP contribution is -2.50. The van der Waals surface area contributed by atoms with Crippen LogP contribution in [0, 0.1) is 12.8 Å². The fourth-order valence-electron chi connectivity index (χ4n) is 3.20. The molecule has 2 aromatic rings. The van der Waals surface area contributed by atoms with Gasteiger partial charge in [0, 0.05) is 18.1 Å². The number of nitrogens with zero attached hydrogens (tertiary/aromatic N) is 1. The Labute approximate surface area is 179 Å². The molecule has 2 aromatic carbocycles. The van der Waals surface area contributed by atoms with E-state index in [4.69, 9.17) is 11.6 Å². The number of amides is 2. The Balaban J connectivity index is 2.27. The molecule has 2 amide bonds. The van der Waals surface area contributed by atoms with Crippen LogP contribution in [0.25, 0.3) is 0 Å². The van der Waals surface area contributed by atoms with Crippen LogP contribution in [0.2, 0.25) is 5.02 Å². The highest BCUT2D eigenvalue weighted by atomic mass is 35.5. The number of halogens is 1. The topological polar surface area (TPSA) is 49.4 Å². The fraction of sp³-hybridized carbons (Fsp3) is 0.417. The molecule has 156 valence electrons. The molecule has 4 nitrogen and oxygen atoms in total. The average molecular weight is 415 g/mol. The second kappa shape index (κ2) is 11.0. The Bertz CT molecular complexity index is 818. The Kier molecular flexibility index (Phi) is 8.71. The van der Waals surface area contributed by atoms with E-state index in [0.717, 1.165) is 16.7 Å². The van der Waals surface area contributed by atoms with E-state index in [-0.39, 0.29) is 18.2 Å². The number of aryl methyl sites for hydroxylation is 1. The van der Waals surface area contributed by atoms with Crippen LogP contribution in [0.3, 0.4) is 0 Å². The molecule has 0 radical (unpaired) electrons. The molecule has 0 aliphatic carbocycles. The maximum atomic E-state index is 13.3. The van der Waals surface area contributed by atoms with E-state index >= 15 is 0 Å². The summed E-state index contributed by atoms with van der Waals surface area (Å²) in [5, 5.41) is 3.63. The van der Waals surface area contributed by atoms with Gasteiger partial charge in [-0.15, -0.1) is 0 Å². The number of nitrogens with one attached hydrogen (secondary N) is 1. The minimum absolute atomic E-state index is 0.0548. The number of rotatable bonds is 9. The Hall–Kier alpha value is -2.33. The number of carbonyl (C=O) groups excluding carboxylic acids is 2. The van der Waals surface area contributed by atoms with Crippen LogP contribution in [-0.4, -0.2) is 29.3 Å². The summed E-state index contributed by atoms with van der Waals surface area (Å²) in [7, 11) is 0. The van der Waals surface area contributed by atoms with Crippen LogP contribution < -0.4 is 5.32 Å². The van der Waals surface area contributed by atoms with Gasteiger partial charge in [-0.05, 0) is 48.1 Å². The molecular formula is C24H31ClN2O2. The maximum absolute atomic E-state index is 13.3. The van der Waals surface area contributed by atoms with Crippen molar-refractivity contribution in [1.29, 1.82) is 0 Å². The van der Waals surface area contributed by atoms with Crippen LogP contribution in [0.4, 0.5) is 0 Å². The van der Waals surface area contributed by atoms with Crippen LogP contribution in [-0.2, 0) is 22.6 Å². The molecule has 0 spiro atoms. The molecule has 1 N–H and O–H groups in total. The fourth-order valence-corrected chi connectivity index (χ4v) is 3.33. The third-order valence-electron chi connectivity index (χ3n) is 4.94. The van der Waals surface area contributed by atoms with E-state index in [2.05, 4.69) is 19.2 Å². The van der Waals surface area contributed by atoms with Gasteiger partial charge in [0.25, 0.3) is 0 Å². The van der Waals surface area contributed by atoms with Crippen LogP contribution in [0.15, 0.2) is 48.5 Å². The quantitative estimate of drug-likeness (QED) is 0.642. The molecule has 0 aliphatic rings. The summed E-state index contributed by atoms with van der Waals surface area (Å²) in [6, 6.07) is 14.8. The lowest BCUT2D eigenvalue weighted by Gasteiger charge is -2.31. The van der Waals surface area contributed by atoms with Gasteiger partial charge in [-0.1, -0.05) is 68.8 Å². The van der Waals surface area contributed by atoms with Gasteiger partial charge in [0.15, 0.2) is 0 Å². The largest absolute Gasteiger partial charge is 0.354 e. The molecule has 2 rings (SSSR count). The predicted molar refractivity (Wildman–Crippen MR) is 119 cm³/mol. The van der Waals surface area contributed by atoms with Gasteiger partial charge in [-0.3, -0.25) is 9.59 Å². The first-order chi connectivity index (χ1) is 13.8. The monoisotopic (exact) mass is 414 g/mol. The summed E-state index contributed by atoms with van der Waals surface area (Å²) in [5.41, 5.74) is 3.00. The lowest BCUT2D eigenvalue weighted by atomic mass is 10.0. The molecule has 0 saturated carbocycles. The summed E-state index contributed by atoms with van der Waals surface area (Å²) < 4.78 is 0. The summed E-state index contributed by atoms with van der Waals surface area (Å²) in [4.78, 5) is 27.9. The van der Waals surface area contributed by atoms with E-state index in [9.17, 15) is 9.59 Å². The first kappa shape index (κ1) is 23.0. The standard InChI is InChI=1S/C24H31ClN2O2/c1-5-22(24(29)26-15-17(2)3)27(16-19-10-12-21(25)13-11-19)23(28)14-20-9-7-6-8-18(20)4/h6-13,17,22H,5,14-16H2,1-4H3,(H,26,29)/t22-/m1/s1. The summed E-state index contributed by atoms with van der Waals surface area (Å²) in [6.45, 7) is 9.01. The van der Waals surface area contributed by atoms with Crippen molar-refractivity contribution in [3.05, 3.63) is 70.2 Å². The second-order valence-electron chi connectivity index (χ2n) is 7.81. The molecule has 1 atom stereocenters. The van der Waals surface area contributed by atoms with Crippen molar-refractivity contribution in [3.8, 4) is 0 Å². The third-order valence-corrected chi connectivity index (χ3v) is 5.19. The smallest absolute Gasteiger partial charge is 0.242 e. The average Bonchev–Trinajstić information content (AvgIpc) is 2.69. The molecule has 0 saturated heterocycles. The summed E-state index contributed by atoms with van der Waals surface area (Å²) >= 11 is 6.00. The highest BCUT2D eigenvalue weighted by Crippen LogP contribution is 2.18. The van der Waals surface area contributed by atoms with E-state index in [1.165, 1.54) is 0 Å². The van der Waals surface area contributed by atoms with Gasteiger partial charge in [0.2, 0.25) is 11.8 Å². The Morgan fingerprint density at radius 2 is 1.72 bits per heavy atom. The van der Waals surface area contributed by atoms with Crippen molar-refractivity contribution in [1.82, 2.24) is 10.2 Å². The second-order valence-corrected chi connectivity index (χ2v) is 8.25. The summed E-state index contributed by atoms with van der Waals surface area (Å²) in [5.74, 6) is 0.193. The Morgan fingerprint density at radius 1 is 1.07 bits per heavy atom. The minimum atomic E-state index is -0.513. The molecule has 0 unspecified atom stereocenters. The van der Waals surface area contributed by atoms with Gasteiger partial charge < -0.3 is 10.2 Å². The van der Waals surface area contributed by atoms with Crippen molar-refractivity contribution in [2.75, 3.05) is 6.54 Å². The molecule has 0 heterocycles. The molecule has 0 bridgehead atoms. The lowest BCUT2D eigenvalue weighted by molar-refractivity contribution is -0.141. The van der Waals surface area contributed by atoms with Crippen molar-refractivity contribution >= 4 is 23.4 Å². The van der Waals surface area contributed by atoms with Gasteiger partial charge in [-0.25, -0.2) is 0 Å². The van der Waals surface area contributed by atoms with E-state index in [1.807, 2.05) is 50.2 Å². The zero-order chi connectivity index (χ0) is 21.4. The van der Waals surface area contributed by atoms with Gasteiger partial charge in [0.05, 0.1) is 6.42 Å².